The number of rotatable bonds is 4. The molecule has 1 atom stereocenters. The zero-order valence-corrected chi connectivity index (χ0v) is 15.5. The number of fused-ring (bicyclic) bond motifs is 1. The average molecular weight is 344 g/mol. The summed E-state index contributed by atoms with van der Waals surface area (Å²) in [5.74, 6) is 0.296. The molecular formula is C21H26ClNO. The van der Waals surface area contributed by atoms with Crippen molar-refractivity contribution in [3.05, 3.63) is 70.8 Å². The van der Waals surface area contributed by atoms with Gasteiger partial charge in [0.05, 0.1) is 5.41 Å². The van der Waals surface area contributed by atoms with Crippen molar-refractivity contribution >= 4 is 18.2 Å². The first kappa shape index (κ1) is 18.7. The zero-order chi connectivity index (χ0) is 16.4. The van der Waals surface area contributed by atoms with Crippen LogP contribution in [0, 0.1) is 6.92 Å². The number of nitrogens with zero attached hydrogens (tertiary/aromatic N) is 1. The van der Waals surface area contributed by atoms with Crippen LogP contribution in [0.5, 0.6) is 0 Å². The molecule has 128 valence electrons. The molecule has 1 aliphatic carbocycles. The van der Waals surface area contributed by atoms with E-state index in [4.69, 9.17) is 0 Å². The SMILES string of the molecule is Cc1ccc(C2(CCN(C)C)CCc3ccccc3C2=O)cc1.Cl. The van der Waals surface area contributed by atoms with Crippen LogP contribution in [0.2, 0.25) is 0 Å². The van der Waals surface area contributed by atoms with Crippen molar-refractivity contribution in [3.8, 4) is 0 Å². The Morgan fingerprint density at radius 3 is 2.38 bits per heavy atom. The van der Waals surface area contributed by atoms with Gasteiger partial charge >= 0.3 is 0 Å². The average Bonchev–Trinajstić information content (AvgIpc) is 2.56. The largest absolute Gasteiger partial charge is 0.309 e. The molecule has 0 spiro atoms. The second kappa shape index (κ2) is 7.50. The summed E-state index contributed by atoms with van der Waals surface area (Å²) in [5.41, 5.74) is 4.14. The zero-order valence-electron chi connectivity index (χ0n) is 14.7. The van der Waals surface area contributed by atoms with Crippen LogP contribution in [0.15, 0.2) is 48.5 Å². The van der Waals surface area contributed by atoms with E-state index in [1.807, 2.05) is 18.2 Å². The van der Waals surface area contributed by atoms with Gasteiger partial charge in [-0.3, -0.25) is 4.79 Å². The Morgan fingerprint density at radius 2 is 1.71 bits per heavy atom. The van der Waals surface area contributed by atoms with Gasteiger partial charge in [-0.15, -0.1) is 12.4 Å². The van der Waals surface area contributed by atoms with Crippen molar-refractivity contribution in [3.63, 3.8) is 0 Å². The number of benzene rings is 2. The molecular weight excluding hydrogens is 318 g/mol. The fourth-order valence-electron chi connectivity index (χ4n) is 3.62. The summed E-state index contributed by atoms with van der Waals surface area (Å²) in [6, 6.07) is 16.7. The van der Waals surface area contributed by atoms with Crippen LogP contribution in [0.3, 0.4) is 0 Å². The van der Waals surface area contributed by atoms with Crippen molar-refractivity contribution in [2.45, 2.75) is 31.6 Å². The third kappa shape index (κ3) is 3.40. The van der Waals surface area contributed by atoms with Crippen LogP contribution in [0.1, 0.15) is 39.9 Å². The van der Waals surface area contributed by atoms with E-state index in [-0.39, 0.29) is 17.8 Å². The molecule has 0 saturated heterocycles. The maximum absolute atomic E-state index is 13.4. The van der Waals surface area contributed by atoms with Gasteiger partial charge in [0.1, 0.15) is 0 Å². The first-order chi connectivity index (χ1) is 11.0. The lowest BCUT2D eigenvalue weighted by atomic mass is 9.64. The van der Waals surface area contributed by atoms with Gasteiger partial charge in [-0.25, -0.2) is 0 Å². The minimum atomic E-state index is -0.383. The van der Waals surface area contributed by atoms with Gasteiger partial charge < -0.3 is 4.90 Å². The summed E-state index contributed by atoms with van der Waals surface area (Å²) < 4.78 is 0. The molecule has 2 aromatic rings. The molecule has 2 aromatic carbocycles. The quantitative estimate of drug-likeness (QED) is 0.818. The Labute approximate surface area is 151 Å². The number of ketones is 1. The number of Topliss-reactive ketones (excluding diaryl/α,β-unsaturated/α-hetero) is 1. The molecule has 3 heteroatoms. The lowest BCUT2D eigenvalue weighted by Gasteiger charge is -2.38. The summed E-state index contributed by atoms with van der Waals surface area (Å²) in [7, 11) is 4.15. The van der Waals surface area contributed by atoms with Crippen LogP contribution in [-0.2, 0) is 11.8 Å². The molecule has 1 aliphatic rings. The minimum absolute atomic E-state index is 0. The van der Waals surface area contributed by atoms with E-state index in [0.29, 0.717) is 5.78 Å². The third-order valence-electron chi connectivity index (χ3n) is 5.11. The molecule has 0 bridgehead atoms. The predicted molar refractivity (Wildman–Crippen MR) is 102 cm³/mol. The van der Waals surface area contributed by atoms with Crippen molar-refractivity contribution in [1.82, 2.24) is 4.90 Å². The van der Waals surface area contributed by atoms with Crippen molar-refractivity contribution in [2.75, 3.05) is 20.6 Å². The fourth-order valence-corrected chi connectivity index (χ4v) is 3.62. The van der Waals surface area contributed by atoms with Gasteiger partial charge in [-0.1, -0.05) is 54.1 Å². The first-order valence-corrected chi connectivity index (χ1v) is 8.37. The van der Waals surface area contributed by atoms with Crippen molar-refractivity contribution < 1.29 is 4.79 Å². The molecule has 0 aromatic heterocycles. The van der Waals surface area contributed by atoms with Crippen LogP contribution in [0.4, 0.5) is 0 Å². The fraction of sp³-hybridized carbons (Fsp3) is 0.381. The molecule has 0 saturated carbocycles. The van der Waals surface area contributed by atoms with Gasteiger partial charge in [-0.2, -0.15) is 0 Å². The van der Waals surface area contributed by atoms with Gasteiger partial charge in [0.25, 0.3) is 0 Å². The highest BCUT2D eigenvalue weighted by Crippen LogP contribution is 2.41. The van der Waals surface area contributed by atoms with Crippen LogP contribution >= 0.6 is 12.4 Å². The molecule has 0 amide bonds. The highest BCUT2D eigenvalue weighted by molar-refractivity contribution is 6.06. The van der Waals surface area contributed by atoms with Gasteiger partial charge in [0, 0.05) is 5.56 Å². The molecule has 0 heterocycles. The highest BCUT2D eigenvalue weighted by atomic mass is 35.5. The van der Waals surface area contributed by atoms with E-state index in [1.54, 1.807) is 0 Å². The van der Waals surface area contributed by atoms with E-state index < -0.39 is 0 Å². The summed E-state index contributed by atoms with van der Waals surface area (Å²) in [6.45, 7) is 3.01. The highest BCUT2D eigenvalue weighted by Gasteiger charge is 2.43. The Balaban J connectivity index is 0.00000208. The maximum Gasteiger partial charge on any atom is 0.173 e. The maximum atomic E-state index is 13.4. The number of halogens is 1. The van der Waals surface area contributed by atoms with Crippen LogP contribution in [-0.4, -0.2) is 31.3 Å². The lowest BCUT2D eigenvalue weighted by molar-refractivity contribution is 0.0840. The van der Waals surface area contributed by atoms with E-state index >= 15 is 0 Å². The van der Waals surface area contributed by atoms with Gasteiger partial charge in [-0.05, 0) is 58.0 Å². The molecule has 1 unspecified atom stereocenters. The number of aryl methyl sites for hydroxylation is 2. The molecule has 3 rings (SSSR count). The molecule has 0 aliphatic heterocycles. The minimum Gasteiger partial charge on any atom is -0.309 e. The first-order valence-electron chi connectivity index (χ1n) is 8.37. The predicted octanol–water partition coefficient (Wildman–Crippen LogP) is 4.44. The summed E-state index contributed by atoms with van der Waals surface area (Å²) >= 11 is 0. The number of hydrogen-bond acceptors (Lipinski definition) is 2. The van der Waals surface area contributed by atoms with Gasteiger partial charge in [0.2, 0.25) is 0 Å². The number of hydrogen-bond donors (Lipinski definition) is 0. The second-order valence-corrected chi connectivity index (χ2v) is 6.99. The molecule has 0 fully saturated rings. The molecule has 0 radical (unpaired) electrons. The molecule has 24 heavy (non-hydrogen) atoms. The number of carbonyl (C=O) groups is 1. The third-order valence-corrected chi connectivity index (χ3v) is 5.11. The van der Waals surface area contributed by atoms with Crippen LogP contribution < -0.4 is 0 Å². The second-order valence-electron chi connectivity index (χ2n) is 6.99. The Kier molecular flexibility index (Phi) is 5.84. The Bertz CT molecular complexity index is 708. The topological polar surface area (TPSA) is 20.3 Å². The molecule has 0 N–H and O–H groups in total. The van der Waals surface area contributed by atoms with E-state index in [0.717, 1.165) is 31.4 Å². The lowest BCUT2D eigenvalue weighted by Crippen LogP contribution is -2.42. The summed E-state index contributed by atoms with van der Waals surface area (Å²) in [5, 5.41) is 0. The monoisotopic (exact) mass is 343 g/mol. The number of carbonyl (C=O) groups excluding carboxylic acids is 1. The Morgan fingerprint density at radius 1 is 1.04 bits per heavy atom. The van der Waals surface area contributed by atoms with E-state index in [9.17, 15) is 4.79 Å². The van der Waals surface area contributed by atoms with E-state index in [1.165, 1.54) is 16.7 Å². The Hall–Kier alpha value is -1.64. The van der Waals surface area contributed by atoms with Crippen molar-refractivity contribution in [1.29, 1.82) is 0 Å². The smallest absolute Gasteiger partial charge is 0.173 e. The standard InChI is InChI=1S/C21H25NO.ClH/c1-16-8-10-18(11-9-16)21(14-15-22(2)3)13-12-17-6-4-5-7-19(17)20(21)23;/h4-11H,12-15H2,1-3H3;1H. The summed E-state index contributed by atoms with van der Waals surface area (Å²) in [6.07, 6.45) is 2.75. The molecule has 2 nitrogen and oxygen atoms in total. The van der Waals surface area contributed by atoms with E-state index in [2.05, 4.69) is 56.3 Å². The normalized spacial score (nSPS) is 19.8. The van der Waals surface area contributed by atoms with Gasteiger partial charge in [0.15, 0.2) is 5.78 Å². The summed E-state index contributed by atoms with van der Waals surface area (Å²) in [4.78, 5) is 15.6. The van der Waals surface area contributed by atoms with Crippen LogP contribution in [0.25, 0.3) is 0 Å². The van der Waals surface area contributed by atoms with Crippen molar-refractivity contribution in [2.24, 2.45) is 0 Å².